The Labute approximate surface area is 138 Å². The molecule has 5 heteroatoms. The number of rotatable bonds is 14. The topological polar surface area (TPSA) is 80.4 Å². The Kier molecular flexibility index (Phi) is 13.8. The third-order valence-corrected chi connectivity index (χ3v) is 3.39. The van der Waals surface area contributed by atoms with Crippen molar-refractivity contribution >= 4 is 5.97 Å². The Morgan fingerprint density at radius 1 is 0.913 bits per heavy atom. The van der Waals surface area contributed by atoms with Crippen molar-refractivity contribution in [2.45, 2.75) is 71.1 Å². The Hall–Kier alpha value is -1.91. The van der Waals surface area contributed by atoms with Gasteiger partial charge in [-0.15, -0.1) is 0 Å². The van der Waals surface area contributed by atoms with Gasteiger partial charge in [0, 0.05) is 6.08 Å². The normalized spacial score (nSPS) is 12.3. The van der Waals surface area contributed by atoms with Gasteiger partial charge in [0.2, 0.25) is 0 Å². The lowest BCUT2D eigenvalue weighted by atomic mass is 10.1. The molecule has 0 bridgehead atoms. The Bertz CT molecular complexity index is 409. The highest BCUT2D eigenvalue weighted by atomic mass is 16.6. The zero-order chi connectivity index (χ0) is 17.3. The van der Waals surface area contributed by atoms with Crippen molar-refractivity contribution in [2.24, 2.45) is 0 Å². The van der Waals surface area contributed by atoms with E-state index < -0.39 is 16.6 Å². The van der Waals surface area contributed by atoms with E-state index in [1.54, 1.807) is 0 Å². The zero-order valence-electron chi connectivity index (χ0n) is 14.1. The van der Waals surface area contributed by atoms with Crippen molar-refractivity contribution in [3.8, 4) is 0 Å². The number of hydrogen-bond acceptors (Lipinski definition) is 3. The van der Waals surface area contributed by atoms with Crippen LogP contribution in [-0.2, 0) is 4.79 Å². The Morgan fingerprint density at radius 2 is 1.39 bits per heavy atom. The molecular formula is C18H29NO4. The molecule has 0 fully saturated rings. The van der Waals surface area contributed by atoms with E-state index in [4.69, 9.17) is 5.11 Å². The van der Waals surface area contributed by atoms with Crippen LogP contribution >= 0.6 is 0 Å². The lowest BCUT2D eigenvalue weighted by Crippen LogP contribution is -2.09. The highest BCUT2D eigenvalue weighted by Crippen LogP contribution is 2.08. The lowest BCUT2D eigenvalue weighted by molar-refractivity contribution is -0.421. The summed E-state index contributed by atoms with van der Waals surface area (Å²) in [6.45, 7) is 2.14. The molecule has 1 N–H and O–H groups in total. The van der Waals surface area contributed by atoms with Crippen molar-refractivity contribution in [3.05, 3.63) is 46.2 Å². The van der Waals surface area contributed by atoms with Gasteiger partial charge in [-0.3, -0.25) is 10.1 Å². The summed E-state index contributed by atoms with van der Waals surface area (Å²) in [6.07, 6.45) is 20.1. The minimum atomic E-state index is -1.47. The molecule has 0 aliphatic heterocycles. The Morgan fingerprint density at radius 3 is 1.87 bits per heavy atom. The average molecular weight is 323 g/mol. The number of unbranched alkanes of at least 4 members (excludes halogenated alkanes) is 7. The maximum absolute atomic E-state index is 10.6. The van der Waals surface area contributed by atoms with E-state index in [0.717, 1.165) is 44.9 Å². The van der Waals surface area contributed by atoms with Gasteiger partial charge in [0.05, 0.1) is 4.92 Å². The number of hydrogen-bond donors (Lipinski definition) is 1. The molecule has 0 radical (unpaired) electrons. The summed E-state index contributed by atoms with van der Waals surface area (Å²) >= 11 is 0. The van der Waals surface area contributed by atoms with Gasteiger partial charge in [-0.1, -0.05) is 37.6 Å². The van der Waals surface area contributed by atoms with Gasteiger partial charge in [-0.05, 0) is 57.8 Å². The first-order valence-electron chi connectivity index (χ1n) is 8.47. The van der Waals surface area contributed by atoms with E-state index in [1.807, 2.05) is 0 Å². The summed E-state index contributed by atoms with van der Waals surface area (Å²) in [5.41, 5.74) is -0.723. The fourth-order valence-electron chi connectivity index (χ4n) is 2.11. The number of carboxylic acid groups (broad SMARTS) is 1. The highest BCUT2D eigenvalue weighted by molar-refractivity contribution is 5.83. The molecular weight excluding hydrogens is 294 g/mol. The number of carboxylic acids is 1. The first-order chi connectivity index (χ1) is 11.1. The van der Waals surface area contributed by atoms with Crippen LogP contribution in [0.5, 0.6) is 0 Å². The van der Waals surface area contributed by atoms with Crippen molar-refractivity contribution in [1.82, 2.24) is 0 Å². The van der Waals surface area contributed by atoms with Crippen LogP contribution in [0.25, 0.3) is 0 Å². The van der Waals surface area contributed by atoms with Gasteiger partial charge in [-0.2, -0.15) is 0 Å². The first kappa shape index (κ1) is 21.1. The van der Waals surface area contributed by atoms with Crippen LogP contribution in [0, 0.1) is 10.1 Å². The molecule has 0 aromatic carbocycles. The van der Waals surface area contributed by atoms with E-state index >= 15 is 0 Å². The van der Waals surface area contributed by atoms with Crippen LogP contribution in [0.2, 0.25) is 0 Å². The number of nitrogens with zero attached hydrogens (tertiary/aromatic N) is 1. The molecule has 0 heterocycles. The molecule has 0 amide bonds. The second kappa shape index (κ2) is 15.0. The SMILES string of the molecule is CCC=CCCCCC=CCCCCCC=C(C(=O)O)[N+](=O)[O-]. The molecule has 0 saturated carbocycles. The summed E-state index contributed by atoms with van der Waals surface area (Å²) in [7, 11) is 0. The second-order valence-corrected chi connectivity index (χ2v) is 5.43. The van der Waals surface area contributed by atoms with Gasteiger partial charge >= 0.3 is 11.7 Å². The van der Waals surface area contributed by atoms with E-state index in [-0.39, 0.29) is 0 Å². The predicted octanol–water partition coefficient (Wildman–Crippen LogP) is 5.26. The van der Waals surface area contributed by atoms with Gasteiger partial charge in [-0.25, -0.2) is 4.79 Å². The fraction of sp³-hybridized carbons (Fsp3) is 0.611. The van der Waals surface area contributed by atoms with E-state index in [1.165, 1.54) is 18.9 Å². The number of nitro groups is 1. The molecule has 23 heavy (non-hydrogen) atoms. The molecule has 130 valence electrons. The monoisotopic (exact) mass is 323 g/mol. The lowest BCUT2D eigenvalue weighted by Gasteiger charge is -1.96. The van der Waals surface area contributed by atoms with Gasteiger partial charge < -0.3 is 5.11 Å². The fourth-order valence-corrected chi connectivity index (χ4v) is 2.11. The minimum Gasteiger partial charge on any atom is -0.473 e. The maximum atomic E-state index is 10.6. The average Bonchev–Trinajstić information content (AvgIpc) is 2.50. The summed E-state index contributed by atoms with van der Waals surface area (Å²) in [5, 5.41) is 19.1. The third-order valence-electron chi connectivity index (χ3n) is 3.39. The first-order valence-corrected chi connectivity index (χ1v) is 8.47. The molecule has 5 nitrogen and oxygen atoms in total. The summed E-state index contributed by atoms with van der Waals surface area (Å²) in [4.78, 5) is 20.2. The van der Waals surface area contributed by atoms with Crippen LogP contribution < -0.4 is 0 Å². The van der Waals surface area contributed by atoms with Crippen molar-refractivity contribution in [2.75, 3.05) is 0 Å². The van der Waals surface area contributed by atoms with Crippen molar-refractivity contribution in [1.29, 1.82) is 0 Å². The molecule has 0 atom stereocenters. The summed E-state index contributed by atoms with van der Waals surface area (Å²) in [5.74, 6) is -1.47. The van der Waals surface area contributed by atoms with Crippen LogP contribution in [0.3, 0.4) is 0 Å². The van der Waals surface area contributed by atoms with Gasteiger partial charge in [0.25, 0.3) is 0 Å². The van der Waals surface area contributed by atoms with Crippen LogP contribution in [0.4, 0.5) is 0 Å². The predicted molar refractivity (Wildman–Crippen MR) is 92.8 cm³/mol. The summed E-state index contributed by atoms with van der Waals surface area (Å²) in [6, 6.07) is 0. The highest BCUT2D eigenvalue weighted by Gasteiger charge is 2.19. The minimum absolute atomic E-state index is 0.442. The standard InChI is InChI=1S/C18H29NO4/c1-2-3-4-5-6-7-8-9-10-11-12-13-14-15-16-17(18(20)21)19(22)23/h3-4,9-10,16H,2,5-8,11-15H2,1H3,(H,20,21). The molecule has 0 aromatic rings. The number of allylic oxidation sites excluding steroid dienone is 5. The third kappa shape index (κ3) is 13.5. The quantitative estimate of drug-likeness (QED) is 0.155. The smallest absolute Gasteiger partial charge is 0.407 e. The molecule has 0 aliphatic carbocycles. The van der Waals surface area contributed by atoms with Crippen molar-refractivity contribution < 1.29 is 14.8 Å². The largest absolute Gasteiger partial charge is 0.473 e. The molecule has 0 unspecified atom stereocenters. The van der Waals surface area contributed by atoms with Crippen LogP contribution in [0.1, 0.15) is 71.1 Å². The van der Waals surface area contributed by atoms with Crippen molar-refractivity contribution in [3.63, 3.8) is 0 Å². The van der Waals surface area contributed by atoms with E-state index in [0.29, 0.717) is 6.42 Å². The zero-order valence-corrected chi connectivity index (χ0v) is 14.1. The van der Waals surface area contributed by atoms with Crippen LogP contribution in [0.15, 0.2) is 36.1 Å². The van der Waals surface area contributed by atoms with E-state index in [9.17, 15) is 14.9 Å². The number of aliphatic carboxylic acids is 1. The van der Waals surface area contributed by atoms with Crippen LogP contribution in [-0.4, -0.2) is 16.0 Å². The number of carbonyl (C=O) groups is 1. The molecule has 0 saturated heterocycles. The summed E-state index contributed by atoms with van der Waals surface area (Å²) < 4.78 is 0. The Balaban J connectivity index is 3.53. The van der Waals surface area contributed by atoms with Gasteiger partial charge in [0.15, 0.2) is 0 Å². The molecule has 0 aromatic heterocycles. The molecule has 0 aliphatic rings. The maximum Gasteiger partial charge on any atom is 0.407 e. The van der Waals surface area contributed by atoms with Gasteiger partial charge in [0.1, 0.15) is 0 Å². The van der Waals surface area contributed by atoms with E-state index in [2.05, 4.69) is 31.2 Å². The molecule has 0 spiro atoms. The molecule has 0 rings (SSSR count). The second-order valence-electron chi connectivity index (χ2n) is 5.43.